The predicted molar refractivity (Wildman–Crippen MR) is 98.9 cm³/mol. The van der Waals surface area contributed by atoms with Gasteiger partial charge in [-0.25, -0.2) is 0 Å². The molecule has 27 heavy (non-hydrogen) atoms. The second-order valence-corrected chi connectivity index (χ2v) is 6.39. The second-order valence-electron chi connectivity index (χ2n) is 5.98. The van der Waals surface area contributed by atoms with Gasteiger partial charge in [0.2, 0.25) is 11.8 Å². The average Bonchev–Trinajstić information content (AvgIpc) is 2.57. The molecule has 2 amide bonds. The summed E-state index contributed by atoms with van der Waals surface area (Å²) in [6, 6.07) is 9.48. The molecule has 2 aromatic carbocycles. The zero-order valence-corrected chi connectivity index (χ0v) is 15.5. The maximum absolute atomic E-state index is 12.7. The van der Waals surface area contributed by atoms with Crippen LogP contribution < -0.4 is 10.2 Å². The maximum atomic E-state index is 12.7. The Morgan fingerprint density at radius 1 is 1.15 bits per heavy atom. The van der Waals surface area contributed by atoms with Crippen molar-refractivity contribution < 1.29 is 22.8 Å². The van der Waals surface area contributed by atoms with Crippen LogP contribution in [0.2, 0.25) is 5.02 Å². The molecule has 0 heterocycles. The molecule has 0 fully saturated rings. The average molecular weight is 399 g/mol. The molecule has 0 aliphatic carbocycles. The molecule has 2 aromatic rings. The molecule has 2 rings (SSSR count). The van der Waals surface area contributed by atoms with E-state index in [1.165, 1.54) is 24.0 Å². The van der Waals surface area contributed by atoms with Crippen molar-refractivity contribution >= 4 is 34.8 Å². The lowest BCUT2D eigenvalue weighted by Gasteiger charge is -2.21. The quantitative estimate of drug-likeness (QED) is 0.766. The minimum atomic E-state index is -4.49. The fourth-order valence-electron chi connectivity index (χ4n) is 2.43. The second kappa shape index (κ2) is 8.43. The third-order valence-electron chi connectivity index (χ3n) is 3.88. The Morgan fingerprint density at radius 3 is 2.44 bits per heavy atom. The molecular formula is C19H18ClF3N2O2. The number of hydrogen-bond acceptors (Lipinski definition) is 2. The molecule has 0 radical (unpaired) electrons. The largest absolute Gasteiger partial charge is 0.416 e. The lowest BCUT2D eigenvalue weighted by atomic mass is 10.2. The van der Waals surface area contributed by atoms with E-state index in [0.29, 0.717) is 10.7 Å². The summed E-state index contributed by atoms with van der Waals surface area (Å²) in [7, 11) is 0. The number of carbonyl (C=O) groups is 2. The first kappa shape index (κ1) is 20.8. The predicted octanol–water partition coefficient (Wildman–Crippen LogP) is 5.05. The van der Waals surface area contributed by atoms with Crippen LogP contribution >= 0.6 is 11.6 Å². The molecular weight excluding hydrogens is 381 g/mol. The number of nitrogens with one attached hydrogen (secondary N) is 1. The fraction of sp³-hybridized carbons (Fsp3) is 0.263. The first-order valence-electron chi connectivity index (χ1n) is 8.09. The van der Waals surface area contributed by atoms with E-state index in [9.17, 15) is 22.8 Å². The minimum Gasteiger partial charge on any atom is -0.326 e. The van der Waals surface area contributed by atoms with Crippen LogP contribution in [0.1, 0.15) is 24.5 Å². The maximum Gasteiger partial charge on any atom is 0.416 e. The minimum absolute atomic E-state index is 0.0441. The standard InChI is InChI=1S/C19H18ClF3N2O2/c1-12-6-7-16(11-17(12)20)25(13(2)26)9-8-18(27)24-15-5-3-4-14(10-15)19(21,22)23/h3-7,10-11H,8-9H2,1-2H3,(H,24,27). The van der Waals surface area contributed by atoms with Gasteiger partial charge in [0.15, 0.2) is 0 Å². The summed E-state index contributed by atoms with van der Waals surface area (Å²) in [5.74, 6) is -0.777. The van der Waals surface area contributed by atoms with Crippen molar-refractivity contribution in [3.63, 3.8) is 0 Å². The van der Waals surface area contributed by atoms with Crippen LogP contribution in [0.5, 0.6) is 0 Å². The summed E-state index contributed by atoms with van der Waals surface area (Å²) in [5, 5.41) is 2.91. The molecule has 1 N–H and O–H groups in total. The summed E-state index contributed by atoms with van der Waals surface area (Å²) >= 11 is 6.08. The Labute approximate surface area is 159 Å². The van der Waals surface area contributed by atoms with E-state index in [4.69, 9.17) is 11.6 Å². The normalized spacial score (nSPS) is 11.2. The number of rotatable bonds is 5. The zero-order chi connectivity index (χ0) is 20.2. The molecule has 0 bridgehead atoms. The highest BCUT2D eigenvalue weighted by Crippen LogP contribution is 2.30. The van der Waals surface area contributed by atoms with E-state index in [1.54, 1.807) is 18.2 Å². The van der Waals surface area contributed by atoms with Gasteiger partial charge < -0.3 is 10.2 Å². The number of benzene rings is 2. The number of amides is 2. The first-order chi connectivity index (χ1) is 12.6. The van der Waals surface area contributed by atoms with Crippen molar-refractivity contribution in [3.8, 4) is 0 Å². The number of alkyl halides is 3. The number of hydrogen-bond donors (Lipinski definition) is 1. The molecule has 144 valence electrons. The van der Waals surface area contributed by atoms with Crippen molar-refractivity contribution in [1.29, 1.82) is 0 Å². The smallest absolute Gasteiger partial charge is 0.326 e. The third-order valence-corrected chi connectivity index (χ3v) is 4.29. The van der Waals surface area contributed by atoms with E-state index in [0.717, 1.165) is 17.7 Å². The Bertz CT molecular complexity index is 853. The van der Waals surface area contributed by atoms with Gasteiger partial charge in [-0.05, 0) is 42.8 Å². The third kappa shape index (κ3) is 5.72. The van der Waals surface area contributed by atoms with Crippen molar-refractivity contribution in [2.75, 3.05) is 16.8 Å². The number of anilines is 2. The first-order valence-corrected chi connectivity index (χ1v) is 8.47. The van der Waals surface area contributed by atoms with Crippen molar-refractivity contribution in [1.82, 2.24) is 0 Å². The van der Waals surface area contributed by atoms with Gasteiger partial charge in [0, 0.05) is 36.3 Å². The van der Waals surface area contributed by atoms with E-state index in [2.05, 4.69) is 5.32 Å². The van der Waals surface area contributed by atoms with Gasteiger partial charge in [-0.2, -0.15) is 13.2 Å². The van der Waals surface area contributed by atoms with E-state index >= 15 is 0 Å². The summed E-state index contributed by atoms with van der Waals surface area (Å²) in [6.45, 7) is 3.25. The van der Waals surface area contributed by atoms with Crippen LogP contribution in [0.3, 0.4) is 0 Å². The molecule has 0 unspecified atom stereocenters. The summed E-state index contributed by atoms with van der Waals surface area (Å²) in [5.41, 5.74) is 0.596. The molecule has 0 aliphatic heterocycles. The lowest BCUT2D eigenvalue weighted by molar-refractivity contribution is -0.137. The summed E-state index contributed by atoms with van der Waals surface area (Å²) in [4.78, 5) is 25.4. The summed E-state index contributed by atoms with van der Waals surface area (Å²) < 4.78 is 38.2. The van der Waals surface area contributed by atoms with E-state index in [1.807, 2.05) is 6.92 Å². The van der Waals surface area contributed by atoms with Crippen LogP contribution in [-0.4, -0.2) is 18.4 Å². The zero-order valence-electron chi connectivity index (χ0n) is 14.7. The Morgan fingerprint density at radius 2 is 1.85 bits per heavy atom. The van der Waals surface area contributed by atoms with Gasteiger partial charge in [-0.15, -0.1) is 0 Å². The van der Waals surface area contributed by atoms with Crippen LogP contribution in [0, 0.1) is 6.92 Å². The van der Waals surface area contributed by atoms with Crippen molar-refractivity contribution in [2.45, 2.75) is 26.4 Å². The molecule has 0 atom stereocenters. The Hall–Kier alpha value is -2.54. The van der Waals surface area contributed by atoms with Crippen molar-refractivity contribution in [2.24, 2.45) is 0 Å². The number of aryl methyl sites for hydroxylation is 1. The van der Waals surface area contributed by atoms with E-state index in [-0.39, 0.29) is 24.6 Å². The van der Waals surface area contributed by atoms with Crippen LogP contribution in [-0.2, 0) is 15.8 Å². The molecule has 0 spiro atoms. The summed E-state index contributed by atoms with van der Waals surface area (Å²) in [6.07, 6.45) is -4.57. The van der Waals surface area contributed by atoms with Gasteiger partial charge >= 0.3 is 6.18 Å². The highest BCUT2D eigenvalue weighted by atomic mass is 35.5. The van der Waals surface area contributed by atoms with E-state index < -0.39 is 17.6 Å². The monoisotopic (exact) mass is 398 g/mol. The highest BCUT2D eigenvalue weighted by molar-refractivity contribution is 6.31. The number of nitrogens with zero attached hydrogens (tertiary/aromatic N) is 1. The van der Waals surface area contributed by atoms with Gasteiger partial charge in [-0.1, -0.05) is 23.7 Å². The Kier molecular flexibility index (Phi) is 6.49. The van der Waals surface area contributed by atoms with Gasteiger partial charge in [-0.3, -0.25) is 9.59 Å². The number of halogens is 4. The van der Waals surface area contributed by atoms with Gasteiger partial charge in [0.1, 0.15) is 0 Å². The molecule has 0 saturated heterocycles. The van der Waals surface area contributed by atoms with Crippen LogP contribution in [0.4, 0.5) is 24.5 Å². The van der Waals surface area contributed by atoms with Crippen molar-refractivity contribution in [3.05, 3.63) is 58.6 Å². The topological polar surface area (TPSA) is 49.4 Å². The van der Waals surface area contributed by atoms with Gasteiger partial charge in [0.25, 0.3) is 0 Å². The lowest BCUT2D eigenvalue weighted by Crippen LogP contribution is -2.32. The highest BCUT2D eigenvalue weighted by Gasteiger charge is 2.30. The molecule has 0 aliphatic rings. The fourth-order valence-corrected chi connectivity index (χ4v) is 2.60. The van der Waals surface area contributed by atoms with Gasteiger partial charge in [0.05, 0.1) is 5.56 Å². The van der Waals surface area contributed by atoms with Crippen LogP contribution in [0.25, 0.3) is 0 Å². The SMILES string of the molecule is CC(=O)N(CCC(=O)Nc1cccc(C(F)(F)F)c1)c1ccc(C)c(Cl)c1. The molecule has 0 aromatic heterocycles. The molecule has 4 nitrogen and oxygen atoms in total. The molecule has 8 heteroatoms. The molecule has 0 saturated carbocycles. The van der Waals surface area contributed by atoms with Crippen LogP contribution in [0.15, 0.2) is 42.5 Å². The number of carbonyl (C=O) groups excluding carboxylic acids is 2. The Balaban J connectivity index is 2.04.